The van der Waals surface area contributed by atoms with E-state index < -0.39 is 6.10 Å². The van der Waals surface area contributed by atoms with E-state index in [0.29, 0.717) is 6.54 Å². The molecule has 21 heavy (non-hydrogen) atoms. The molecule has 2 N–H and O–H groups in total. The molecule has 2 aromatic heterocycles. The van der Waals surface area contributed by atoms with Gasteiger partial charge < -0.3 is 15.0 Å². The average molecular weight is 281 g/mol. The molecule has 0 aliphatic carbocycles. The van der Waals surface area contributed by atoms with Crippen LogP contribution in [0.15, 0.2) is 61.1 Å². The zero-order valence-corrected chi connectivity index (χ0v) is 11.8. The Labute approximate surface area is 124 Å². The predicted molar refractivity (Wildman–Crippen MR) is 84.0 cm³/mol. The summed E-state index contributed by atoms with van der Waals surface area (Å²) in [6.07, 6.45) is 5.00. The molecule has 0 saturated carbocycles. The van der Waals surface area contributed by atoms with Crippen molar-refractivity contribution in [3.05, 3.63) is 66.6 Å². The third-order valence-electron chi connectivity index (χ3n) is 3.62. The van der Waals surface area contributed by atoms with E-state index in [1.54, 1.807) is 12.4 Å². The standard InChI is InChI=1S/C17H19N3O/c21-17(15-5-3-8-18-12-15)13-19-9-11-20-10-7-14-4-1-2-6-16(14)20/h1-8,10,12,17,19,21H,9,11,13H2/t17-/m0/s1. The van der Waals surface area contributed by atoms with Crippen molar-refractivity contribution in [2.24, 2.45) is 0 Å². The Hall–Kier alpha value is -2.17. The molecule has 0 radical (unpaired) electrons. The minimum atomic E-state index is -0.514. The van der Waals surface area contributed by atoms with Crippen LogP contribution in [0.4, 0.5) is 0 Å². The van der Waals surface area contributed by atoms with E-state index in [-0.39, 0.29) is 0 Å². The van der Waals surface area contributed by atoms with Crippen LogP contribution in [0, 0.1) is 0 Å². The van der Waals surface area contributed by atoms with Crippen molar-refractivity contribution in [3.8, 4) is 0 Å². The van der Waals surface area contributed by atoms with Crippen LogP contribution in [-0.4, -0.2) is 27.7 Å². The third kappa shape index (κ3) is 3.29. The Bertz CT molecular complexity index is 693. The van der Waals surface area contributed by atoms with Gasteiger partial charge in [-0.3, -0.25) is 4.98 Å². The molecule has 0 aliphatic rings. The number of rotatable bonds is 6. The lowest BCUT2D eigenvalue weighted by Crippen LogP contribution is -2.25. The molecule has 0 spiro atoms. The van der Waals surface area contributed by atoms with E-state index in [9.17, 15) is 5.11 Å². The maximum atomic E-state index is 10.0. The number of nitrogens with one attached hydrogen (secondary N) is 1. The summed E-state index contributed by atoms with van der Waals surface area (Å²) in [5.74, 6) is 0. The minimum absolute atomic E-state index is 0.514. The van der Waals surface area contributed by atoms with Crippen molar-refractivity contribution in [3.63, 3.8) is 0 Å². The zero-order chi connectivity index (χ0) is 14.5. The summed E-state index contributed by atoms with van der Waals surface area (Å²) >= 11 is 0. The summed E-state index contributed by atoms with van der Waals surface area (Å²) in [6.45, 7) is 2.23. The Balaban J connectivity index is 1.50. The van der Waals surface area contributed by atoms with Crippen LogP contribution in [0.25, 0.3) is 10.9 Å². The number of aromatic nitrogens is 2. The lowest BCUT2D eigenvalue weighted by atomic mass is 10.1. The van der Waals surface area contributed by atoms with Gasteiger partial charge in [-0.25, -0.2) is 0 Å². The van der Waals surface area contributed by atoms with Gasteiger partial charge in [-0.2, -0.15) is 0 Å². The van der Waals surface area contributed by atoms with E-state index in [1.165, 1.54) is 10.9 Å². The summed E-state index contributed by atoms with van der Waals surface area (Å²) < 4.78 is 2.22. The van der Waals surface area contributed by atoms with Gasteiger partial charge in [0.15, 0.2) is 0 Å². The minimum Gasteiger partial charge on any atom is -0.387 e. The van der Waals surface area contributed by atoms with Crippen LogP contribution in [0.1, 0.15) is 11.7 Å². The highest BCUT2D eigenvalue weighted by molar-refractivity contribution is 5.79. The van der Waals surface area contributed by atoms with Gasteiger partial charge in [0, 0.05) is 49.3 Å². The van der Waals surface area contributed by atoms with E-state index >= 15 is 0 Å². The van der Waals surface area contributed by atoms with Gasteiger partial charge in [-0.15, -0.1) is 0 Å². The monoisotopic (exact) mass is 281 g/mol. The van der Waals surface area contributed by atoms with Gasteiger partial charge in [0.1, 0.15) is 0 Å². The molecule has 1 atom stereocenters. The molecule has 3 aromatic rings. The highest BCUT2D eigenvalue weighted by Crippen LogP contribution is 2.14. The van der Waals surface area contributed by atoms with Crippen LogP contribution in [0.3, 0.4) is 0 Å². The smallest absolute Gasteiger partial charge is 0.0929 e. The average Bonchev–Trinajstić information content (AvgIpc) is 2.95. The van der Waals surface area contributed by atoms with Crippen molar-refractivity contribution in [1.29, 1.82) is 0 Å². The van der Waals surface area contributed by atoms with Crippen molar-refractivity contribution in [2.45, 2.75) is 12.6 Å². The molecule has 0 aliphatic heterocycles. The Morgan fingerprint density at radius 1 is 1.14 bits per heavy atom. The maximum absolute atomic E-state index is 10.0. The largest absolute Gasteiger partial charge is 0.387 e. The Morgan fingerprint density at radius 2 is 2.05 bits per heavy atom. The number of para-hydroxylation sites is 1. The molecular formula is C17H19N3O. The predicted octanol–water partition coefficient (Wildman–Crippen LogP) is 2.36. The first-order valence-corrected chi connectivity index (χ1v) is 7.17. The summed E-state index contributed by atoms with van der Waals surface area (Å²) in [7, 11) is 0. The number of pyridine rings is 1. The zero-order valence-electron chi connectivity index (χ0n) is 11.8. The molecule has 3 rings (SSSR count). The lowest BCUT2D eigenvalue weighted by molar-refractivity contribution is 0.174. The van der Waals surface area contributed by atoms with Crippen molar-refractivity contribution < 1.29 is 5.11 Å². The first kappa shape index (κ1) is 13.8. The van der Waals surface area contributed by atoms with Crippen molar-refractivity contribution in [1.82, 2.24) is 14.9 Å². The van der Waals surface area contributed by atoms with Gasteiger partial charge in [0.05, 0.1) is 6.10 Å². The molecule has 2 heterocycles. The topological polar surface area (TPSA) is 50.1 Å². The first-order chi connectivity index (χ1) is 10.3. The molecule has 0 unspecified atom stereocenters. The van der Waals surface area contributed by atoms with Crippen molar-refractivity contribution >= 4 is 10.9 Å². The number of nitrogens with zero attached hydrogens (tertiary/aromatic N) is 2. The second kappa shape index (κ2) is 6.52. The summed E-state index contributed by atoms with van der Waals surface area (Å²) in [6, 6.07) is 14.2. The SMILES string of the molecule is O[C@@H](CNCCn1ccc2ccccc21)c1cccnc1. The van der Waals surface area contributed by atoms with Crippen LogP contribution in [0.5, 0.6) is 0 Å². The highest BCUT2D eigenvalue weighted by atomic mass is 16.3. The fraction of sp³-hybridized carbons (Fsp3) is 0.235. The summed E-state index contributed by atoms with van der Waals surface area (Å²) in [5.41, 5.74) is 2.09. The molecule has 108 valence electrons. The quantitative estimate of drug-likeness (QED) is 0.682. The molecular weight excluding hydrogens is 262 g/mol. The van der Waals surface area contributed by atoms with Gasteiger partial charge in [0.2, 0.25) is 0 Å². The number of hydrogen-bond donors (Lipinski definition) is 2. The summed E-state index contributed by atoms with van der Waals surface area (Å²) in [5, 5.41) is 14.6. The van der Waals surface area contributed by atoms with Gasteiger partial charge >= 0.3 is 0 Å². The van der Waals surface area contributed by atoms with E-state index in [0.717, 1.165) is 18.7 Å². The van der Waals surface area contributed by atoms with Crippen LogP contribution < -0.4 is 5.32 Å². The van der Waals surface area contributed by atoms with E-state index in [2.05, 4.69) is 51.4 Å². The normalized spacial score (nSPS) is 12.6. The molecule has 0 saturated heterocycles. The molecule has 1 aromatic carbocycles. The maximum Gasteiger partial charge on any atom is 0.0929 e. The van der Waals surface area contributed by atoms with Gasteiger partial charge in [-0.1, -0.05) is 24.3 Å². The third-order valence-corrected chi connectivity index (χ3v) is 3.62. The Kier molecular flexibility index (Phi) is 4.28. The van der Waals surface area contributed by atoms with Gasteiger partial charge in [-0.05, 0) is 23.6 Å². The number of benzene rings is 1. The number of aliphatic hydroxyl groups excluding tert-OH is 1. The summed E-state index contributed by atoms with van der Waals surface area (Å²) in [4.78, 5) is 4.02. The van der Waals surface area contributed by atoms with E-state index in [1.807, 2.05) is 12.1 Å². The van der Waals surface area contributed by atoms with Crippen LogP contribution >= 0.6 is 0 Å². The second-order valence-corrected chi connectivity index (χ2v) is 5.07. The number of fused-ring (bicyclic) bond motifs is 1. The molecule has 0 bridgehead atoms. The molecule has 4 heteroatoms. The fourth-order valence-corrected chi connectivity index (χ4v) is 2.46. The van der Waals surface area contributed by atoms with Crippen LogP contribution in [0.2, 0.25) is 0 Å². The number of aliphatic hydroxyl groups is 1. The number of hydrogen-bond acceptors (Lipinski definition) is 3. The highest BCUT2D eigenvalue weighted by Gasteiger charge is 2.06. The molecule has 0 amide bonds. The Morgan fingerprint density at radius 3 is 2.90 bits per heavy atom. The van der Waals surface area contributed by atoms with Crippen molar-refractivity contribution in [2.75, 3.05) is 13.1 Å². The fourth-order valence-electron chi connectivity index (χ4n) is 2.46. The molecule has 0 fully saturated rings. The van der Waals surface area contributed by atoms with E-state index in [4.69, 9.17) is 0 Å². The lowest BCUT2D eigenvalue weighted by Gasteiger charge is -2.12. The molecule has 4 nitrogen and oxygen atoms in total. The first-order valence-electron chi connectivity index (χ1n) is 7.17. The second-order valence-electron chi connectivity index (χ2n) is 5.07. The van der Waals surface area contributed by atoms with Crippen LogP contribution in [-0.2, 0) is 6.54 Å². The van der Waals surface area contributed by atoms with Gasteiger partial charge in [0.25, 0.3) is 0 Å².